The van der Waals surface area contributed by atoms with Gasteiger partial charge in [0.05, 0.1) is 30.5 Å². The van der Waals surface area contributed by atoms with E-state index >= 15 is 0 Å². The number of aliphatic hydroxyl groups is 5. The van der Waals surface area contributed by atoms with Crippen LogP contribution in [0.1, 0.15) is 143 Å². The fourth-order valence-corrected chi connectivity index (χ4v) is 12.2. The van der Waals surface area contributed by atoms with E-state index in [2.05, 4.69) is 50.0 Å². The van der Waals surface area contributed by atoms with Crippen LogP contribution in [0.2, 0.25) is 0 Å². The molecule has 0 radical (unpaired) electrons. The first-order chi connectivity index (χ1) is 34.7. The predicted octanol–water partition coefficient (Wildman–Crippen LogP) is 8.32. The van der Waals surface area contributed by atoms with Gasteiger partial charge in [0.25, 0.3) is 11.7 Å². The highest BCUT2D eigenvalue weighted by molar-refractivity contribution is 6.39. The van der Waals surface area contributed by atoms with Gasteiger partial charge in [-0.25, -0.2) is 4.79 Å². The van der Waals surface area contributed by atoms with Crippen molar-refractivity contribution in [1.82, 2.24) is 9.88 Å². The number of fused-ring (bicyclic) bond motifs is 4. The van der Waals surface area contributed by atoms with Gasteiger partial charge in [0.15, 0.2) is 0 Å². The number of piperidine rings is 1. The van der Waals surface area contributed by atoms with E-state index < -0.39 is 84.1 Å². The van der Waals surface area contributed by atoms with Crippen molar-refractivity contribution in [2.75, 3.05) is 20.8 Å². The van der Waals surface area contributed by atoms with Gasteiger partial charge in [0, 0.05) is 62.0 Å². The second kappa shape index (κ2) is 26.2. The zero-order valence-corrected chi connectivity index (χ0v) is 45.2. The molecule has 14 nitrogen and oxygen atoms in total. The number of aromatic amines is 1. The van der Waals surface area contributed by atoms with Crippen LogP contribution in [0.25, 0.3) is 10.9 Å². The number of aliphatic hydroxyl groups excluding tert-OH is 4. The summed E-state index contributed by atoms with van der Waals surface area (Å²) < 4.78 is 24.2. The number of aromatic nitrogens is 1. The van der Waals surface area contributed by atoms with E-state index in [9.17, 15) is 39.9 Å². The molecule has 14 heteroatoms. The molecule has 4 aliphatic rings. The number of benzene rings is 1. The average molecular weight is 1020 g/mol. The third-order valence-electron chi connectivity index (χ3n) is 17.0. The SMILES string of the molecule is CO[C@H]1[C@@H](O)[C@H](C)C[C@H](C)/C=C/C=C/C=C(\C)C(c2c[nH]c3c(C)cccc23)C[C@@H]2CC[C@@H](C)[C@@](O)(O2)C(=O)C(=O)N2CCCC[C@H]2C(=O)O[C@H]([C@H](C)CC2CC[C@@H](O)[C@H](OC)C2)C[C@H](O)[C@H](C)/C=C(\C)[C@H]1O. The summed E-state index contributed by atoms with van der Waals surface area (Å²) in [5.74, 6) is -6.94. The van der Waals surface area contributed by atoms with Gasteiger partial charge in [0.1, 0.15) is 24.4 Å². The Morgan fingerprint density at radius 2 is 1.60 bits per heavy atom. The number of ketones is 1. The number of esters is 1. The molecule has 2 unspecified atom stereocenters. The normalized spacial score (nSPS) is 39.4. The van der Waals surface area contributed by atoms with Crippen LogP contribution in [0.4, 0.5) is 0 Å². The number of nitrogens with zero attached hydrogens (tertiary/aromatic N) is 1. The zero-order chi connectivity index (χ0) is 53.3. The third-order valence-corrected chi connectivity index (χ3v) is 17.0. The van der Waals surface area contributed by atoms with Gasteiger partial charge in [-0.05, 0) is 132 Å². The molecule has 406 valence electrons. The number of amides is 1. The first kappa shape index (κ1) is 58.3. The lowest BCUT2D eigenvalue weighted by Crippen LogP contribution is -2.60. The summed E-state index contributed by atoms with van der Waals surface area (Å²) in [6, 6.07) is 5.06. The number of rotatable bonds is 6. The lowest BCUT2D eigenvalue weighted by Gasteiger charge is -2.43. The molecule has 3 aliphatic heterocycles. The Kier molecular flexibility index (Phi) is 20.9. The Morgan fingerprint density at radius 1 is 0.849 bits per heavy atom. The molecule has 1 aromatic carbocycles. The topological polar surface area (TPSA) is 208 Å². The monoisotopic (exact) mass is 1020 g/mol. The molecule has 1 aliphatic carbocycles. The van der Waals surface area contributed by atoms with Crippen molar-refractivity contribution in [3.05, 3.63) is 83.1 Å². The number of methoxy groups -OCH3 is 2. The maximum atomic E-state index is 14.6. The first-order valence-corrected chi connectivity index (χ1v) is 27.2. The molecule has 2 saturated heterocycles. The minimum Gasteiger partial charge on any atom is -0.460 e. The average Bonchev–Trinajstić information content (AvgIpc) is 3.81. The molecule has 1 saturated carbocycles. The molecule has 3 fully saturated rings. The zero-order valence-electron chi connectivity index (χ0n) is 45.2. The minimum absolute atomic E-state index is 0.0326. The molecule has 6 N–H and O–H groups in total. The molecule has 1 amide bonds. The van der Waals surface area contributed by atoms with Crippen LogP contribution in [0.5, 0.6) is 0 Å². The van der Waals surface area contributed by atoms with Crippen LogP contribution >= 0.6 is 0 Å². The van der Waals surface area contributed by atoms with Crippen molar-refractivity contribution < 1.29 is 58.9 Å². The number of carbonyl (C=O) groups excluding carboxylic acids is 3. The molecule has 1 aromatic heterocycles. The summed E-state index contributed by atoms with van der Waals surface area (Å²) in [4.78, 5) is 48.5. The van der Waals surface area contributed by atoms with E-state index in [-0.39, 0.29) is 55.1 Å². The number of para-hydroxylation sites is 1. The Labute approximate surface area is 434 Å². The van der Waals surface area contributed by atoms with Gasteiger partial charge in [-0.3, -0.25) is 9.59 Å². The highest BCUT2D eigenvalue weighted by atomic mass is 16.6. The number of ether oxygens (including phenoxy) is 4. The Hall–Kier alpha value is -3.99. The van der Waals surface area contributed by atoms with E-state index in [0.29, 0.717) is 63.4 Å². The Balaban J connectivity index is 1.35. The summed E-state index contributed by atoms with van der Waals surface area (Å²) in [5, 5.41) is 59.1. The van der Waals surface area contributed by atoms with E-state index in [1.165, 1.54) is 12.0 Å². The van der Waals surface area contributed by atoms with Gasteiger partial charge >= 0.3 is 5.97 Å². The Bertz CT molecular complexity index is 2290. The first-order valence-electron chi connectivity index (χ1n) is 27.2. The molecular weight excluding hydrogens is 929 g/mol. The number of nitrogens with one attached hydrogen (secondary N) is 1. The summed E-state index contributed by atoms with van der Waals surface area (Å²) in [5.41, 5.74) is 4.71. The number of allylic oxidation sites excluding steroid dienone is 6. The number of hydrogen-bond donors (Lipinski definition) is 6. The molecule has 73 heavy (non-hydrogen) atoms. The number of carbonyl (C=O) groups is 3. The molecule has 4 heterocycles. The van der Waals surface area contributed by atoms with E-state index in [0.717, 1.165) is 34.0 Å². The molecule has 17 atom stereocenters. The number of hydrogen-bond acceptors (Lipinski definition) is 12. The Morgan fingerprint density at radius 3 is 2.33 bits per heavy atom. The van der Waals surface area contributed by atoms with Crippen molar-refractivity contribution in [3.8, 4) is 0 Å². The van der Waals surface area contributed by atoms with Crippen LogP contribution in [-0.4, -0.2) is 135 Å². The molecule has 2 bridgehead atoms. The van der Waals surface area contributed by atoms with Crippen LogP contribution in [-0.2, 0) is 33.3 Å². The maximum absolute atomic E-state index is 14.6. The van der Waals surface area contributed by atoms with E-state index in [4.69, 9.17) is 18.9 Å². The van der Waals surface area contributed by atoms with Crippen molar-refractivity contribution in [2.24, 2.45) is 35.5 Å². The fraction of sp³-hybridized carbons (Fsp3) is 0.678. The van der Waals surface area contributed by atoms with Crippen LogP contribution in [0.3, 0.4) is 0 Å². The second-order valence-electron chi connectivity index (χ2n) is 22.6. The summed E-state index contributed by atoms with van der Waals surface area (Å²) in [7, 11) is 3.05. The highest BCUT2D eigenvalue weighted by Gasteiger charge is 2.53. The van der Waals surface area contributed by atoms with Gasteiger partial charge in [-0.15, -0.1) is 0 Å². The van der Waals surface area contributed by atoms with Crippen LogP contribution in [0, 0.1) is 42.4 Å². The lowest BCUT2D eigenvalue weighted by atomic mass is 9.78. The standard InChI is InChI=1S/C59H88N2O12/c1-34-17-12-11-13-18-35(2)45(46-33-60-52-36(3)19-16-20-44(46)52)31-43-24-22-41(8)59(69,73-43)56(66)57(67)61-26-15-14-21-47(61)58(68)72-50(38(5)29-42-23-25-48(62)51(30-42)70-9)32-49(63)37(4)28-40(7)54(65)55(71-10)53(64)39(6)27-34/h11-13,16-20,28,33-34,37-39,41-43,45,47-51,53-55,60,62-65,69H,14-15,21-27,29-32H2,1-10H3/b13-11+,17-12+,35-18+,40-28+/t34-,37-,38-,39-,41-,42?,43+,45?,47+,48-,49+,50+,51-,53+,54-,55+,59-/m1/s1. The van der Waals surface area contributed by atoms with E-state index in [1.54, 1.807) is 27.0 Å². The fourth-order valence-electron chi connectivity index (χ4n) is 12.2. The lowest BCUT2D eigenvalue weighted by molar-refractivity contribution is -0.264. The third kappa shape index (κ3) is 14.1. The summed E-state index contributed by atoms with van der Waals surface area (Å²) >= 11 is 0. The molecule has 0 spiro atoms. The van der Waals surface area contributed by atoms with Gasteiger partial charge < -0.3 is 54.4 Å². The number of cyclic esters (lactones) is 1. The summed E-state index contributed by atoms with van der Waals surface area (Å²) in [6.07, 6.45) is 13.4. The predicted molar refractivity (Wildman–Crippen MR) is 282 cm³/mol. The van der Waals surface area contributed by atoms with Crippen molar-refractivity contribution in [2.45, 2.75) is 199 Å². The number of aryl methyl sites for hydroxylation is 1. The quantitative estimate of drug-likeness (QED) is 0.0918. The van der Waals surface area contributed by atoms with E-state index in [1.807, 2.05) is 51.3 Å². The maximum Gasteiger partial charge on any atom is 0.329 e. The summed E-state index contributed by atoms with van der Waals surface area (Å²) in [6.45, 7) is 15.5. The smallest absolute Gasteiger partial charge is 0.329 e. The van der Waals surface area contributed by atoms with Crippen LogP contribution < -0.4 is 0 Å². The highest BCUT2D eigenvalue weighted by Crippen LogP contribution is 2.42. The van der Waals surface area contributed by atoms with Crippen molar-refractivity contribution in [3.63, 3.8) is 0 Å². The van der Waals surface area contributed by atoms with Gasteiger partial charge in [0.2, 0.25) is 5.79 Å². The van der Waals surface area contributed by atoms with Gasteiger partial charge in [-0.1, -0.05) is 94.8 Å². The number of H-pyrrole nitrogens is 1. The molecule has 6 rings (SSSR count). The van der Waals surface area contributed by atoms with Gasteiger partial charge in [-0.2, -0.15) is 0 Å². The number of Topliss-reactive ketones (excluding diaryl/α,β-unsaturated/α-hetero) is 1. The molecular formula is C59H88N2O12. The van der Waals surface area contributed by atoms with Crippen LogP contribution in [0.15, 0.2) is 72.0 Å². The van der Waals surface area contributed by atoms with Crippen molar-refractivity contribution in [1.29, 1.82) is 0 Å². The van der Waals surface area contributed by atoms with Crippen molar-refractivity contribution >= 4 is 28.6 Å². The molecule has 2 aromatic rings. The second-order valence-corrected chi connectivity index (χ2v) is 22.6. The largest absolute Gasteiger partial charge is 0.460 e. The minimum atomic E-state index is -2.44.